The molecule has 0 atom stereocenters. The lowest BCUT2D eigenvalue weighted by molar-refractivity contribution is 0.0950. The van der Waals surface area contributed by atoms with Crippen LogP contribution in [-0.2, 0) is 19.5 Å². The molecular formula is C21H19BrFN5O2. The lowest BCUT2D eigenvalue weighted by Gasteiger charge is -2.15. The summed E-state index contributed by atoms with van der Waals surface area (Å²) in [7, 11) is 0. The molecule has 0 bridgehead atoms. The molecule has 0 saturated heterocycles. The van der Waals surface area contributed by atoms with Gasteiger partial charge in [-0.2, -0.15) is 0 Å². The first-order valence-electron chi connectivity index (χ1n) is 9.57. The Labute approximate surface area is 180 Å². The van der Waals surface area contributed by atoms with Crippen molar-refractivity contribution in [2.45, 2.75) is 32.4 Å². The Balaban J connectivity index is 1.50. The summed E-state index contributed by atoms with van der Waals surface area (Å²) in [6.07, 6.45) is 3.02. The van der Waals surface area contributed by atoms with E-state index in [1.807, 2.05) is 4.57 Å². The lowest BCUT2D eigenvalue weighted by Crippen LogP contribution is -2.27. The van der Waals surface area contributed by atoms with Crippen molar-refractivity contribution in [1.82, 2.24) is 20.1 Å². The zero-order valence-corrected chi connectivity index (χ0v) is 17.6. The first kappa shape index (κ1) is 20.2. The summed E-state index contributed by atoms with van der Waals surface area (Å²) < 4.78 is 16.6. The van der Waals surface area contributed by atoms with Crippen LogP contribution in [0.15, 0.2) is 46.9 Å². The van der Waals surface area contributed by atoms with E-state index in [9.17, 15) is 14.0 Å². The van der Waals surface area contributed by atoms with Gasteiger partial charge < -0.3 is 15.2 Å². The minimum atomic E-state index is -0.553. The minimum absolute atomic E-state index is 0.0979. The zero-order chi connectivity index (χ0) is 21.1. The third kappa shape index (κ3) is 4.40. The predicted octanol–water partition coefficient (Wildman–Crippen LogP) is 3.70. The van der Waals surface area contributed by atoms with E-state index in [0.29, 0.717) is 11.4 Å². The topological polar surface area (TPSA) is 88.9 Å². The average Bonchev–Trinajstić information content (AvgIpc) is 3.15. The normalized spacial score (nSPS) is 12.9. The molecule has 30 heavy (non-hydrogen) atoms. The Morgan fingerprint density at radius 1 is 1.10 bits per heavy atom. The molecule has 0 saturated carbocycles. The van der Waals surface area contributed by atoms with Gasteiger partial charge in [-0.3, -0.25) is 9.59 Å². The quantitative estimate of drug-likeness (QED) is 0.593. The molecule has 2 amide bonds. The Morgan fingerprint density at radius 2 is 1.97 bits per heavy atom. The highest BCUT2D eigenvalue weighted by molar-refractivity contribution is 9.10. The number of carbonyl (C=O) groups is 2. The van der Waals surface area contributed by atoms with Crippen LogP contribution in [0.1, 0.15) is 45.2 Å². The molecule has 3 aromatic rings. The van der Waals surface area contributed by atoms with Gasteiger partial charge in [-0.1, -0.05) is 22.0 Å². The molecule has 2 heterocycles. The van der Waals surface area contributed by atoms with Crippen LogP contribution in [0.5, 0.6) is 0 Å². The van der Waals surface area contributed by atoms with Crippen LogP contribution in [0.2, 0.25) is 0 Å². The molecule has 1 aromatic heterocycles. The molecule has 4 rings (SSSR count). The van der Waals surface area contributed by atoms with Gasteiger partial charge in [0, 0.05) is 23.0 Å². The van der Waals surface area contributed by atoms with E-state index in [0.717, 1.165) is 42.2 Å². The number of halogens is 2. The summed E-state index contributed by atoms with van der Waals surface area (Å²) in [4.78, 5) is 25.3. The first-order valence-corrected chi connectivity index (χ1v) is 10.4. The molecule has 0 spiro atoms. The number of carbonyl (C=O) groups excluding carboxylic acids is 2. The van der Waals surface area contributed by atoms with E-state index < -0.39 is 17.6 Å². The van der Waals surface area contributed by atoms with Crippen LogP contribution < -0.4 is 10.6 Å². The van der Waals surface area contributed by atoms with Crippen LogP contribution in [0, 0.1) is 5.82 Å². The highest BCUT2D eigenvalue weighted by atomic mass is 79.9. The standard InChI is InChI=1S/C21H19BrFN5O2/c22-14-5-3-4-13(10-14)20(29)25-17-11-15(23)7-8-16(17)21(30)24-12-19-27-26-18-6-1-2-9-28(18)19/h3-5,7-8,10-11H,1-2,6,9,12H2,(H,24,30)(H,25,29). The molecule has 1 aliphatic rings. The third-order valence-electron chi connectivity index (χ3n) is 4.90. The van der Waals surface area contributed by atoms with Gasteiger partial charge in [0.05, 0.1) is 17.8 Å². The smallest absolute Gasteiger partial charge is 0.255 e. The number of aromatic nitrogens is 3. The maximum atomic E-state index is 13.8. The van der Waals surface area contributed by atoms with Crippen LogP contribution in [0.3, 0.4) is 0 Å². The maximum absolute atomic E-state index is 13.8. The molecule has 0 aliphatic carbocycles. The second-order valence-electron chi connectivity index (χ2n) is 6.98. The van der Waals surface area contributed by atoms with Gasteiger partial charge in [-0.25, -0.2) is 4.39 Å². The van der Waals surface area contributed by atoms with Crippen LogP contribution in [0.25, 0.3) is 0 Å². The second-order valence-corrected chi connectivity index (χ2v) is 7.89. The molecule has 0 unspecified atom stereocenters. The van der Waals surface area contributed by atoms with Crippen LogP contribution >= 0.6 is 15.9 Å². The number of rotatable bonds is 5. The Hall–Kier alpha value is -3.07. The van der Waals surface area contributed by atoms with Crippen LogP contribution in [0.4, 0.5) is 10.1 Å². The molecular weight excluding hydrogens is 453 g/mol. The third-order valence-corrected chi connectivity index (χ3v) is 5.40. The summed E-state index contributed by atoms with van der Waals surface area (Å²) in [5.41, 5.74) is 0.647. The zero-order valence-electron chi connectivity index (χ0n) is 16.0. The van der Waals surface area contributed by atoms with Crippen molar-refractivity contribution < 1.29 is 14.0 Å². The Morgan fingerprint density at radius 3 is 2.80 bits per heavy atom. The van der Waals surface area contributed by atoms with Crippen molar-refractivity contribution in [2.24, 2.45) is 0 Å². The number of hydrogen-bond donors (Lipinski definition) is 2. The van der Waals surface area contributed by atoms with E-state index in [1.165, 1.54) is 12.1 Å². The van der Waals surface area contributed by atoms with Crippen molar-refractivity contribution in [3.8, 4) is 0 Å². The van der Waals surface area contributed by atoms with Crippen molar-refractivity contribution >= 4 is 33.4 Å². The molecule has 0 fully saturated rings. The van der Waals surface area contributed by atoms with Gasteiger partial charge in [0.15, 0.2) is 5.82 Å². The first-order chi connectivity index (χ1) is 14.5. The summed E-state index contributed by atoms with van der Waals surface area (Å²) in [5, 5.41) is 13.7. The highest BCUT2D eigenvalue weighted by Crippen LogP contribution is 2.20. The number of aryl methyl sites for hydroxylation is 1. The van der Waals surface area contributed by atoms with Gasteiger partial charge in [-0.05, 0) is 49.2 Å². The van der Waals surface area contributed by atoms with Gasteiger partial charge in [0.2, 0.25) is 0 Å². The second kappa shape index (κ2) is 8.74. The van der Waals surface area contributed by atoms with Gasteiger partial charge in [0.1, 0.15) is 11.6 Å². The Kier molecular flexibility index (Phi) is 5.89. The predicted molar refractivity (Wildman–Crippen MR) is 113 cm³/mol. The van der Waals surface area contributed by atoms with E-state index in [2.05, 4.69) is 36.8 Å². The SMILES string of the molecule is O=C(Nc1cc(F)ccc1C(=O)NCc1nnc2n1CCCC2)c1cccc(Br)c1. The monoisotopic (exact) mass is 471 g/mol. The largest absolute Gasteiger partial charge is 0.345 e. The van der Waals surface area contributed by atoms with E-state index in [4.69, 9.17) is 0 Å². The fraction of sp³-hybridized carbons (Fsp3) is 0.238. The summed E-state index contributed by atoms with van der Waals surface area (Å²) in [5.74, 6) is 0.173. The van der Waals surface area contributed by atoms with Crippen LogP contribution in [-0.4, -0.2) is 26.6 Å². The number of fused-ring (bicyclic) bond motifs is 1. The number of hydrogen-bond acceptors (Lipinski definition) is 4. The summed E-state index contributed by atoms with van der Waals surface area (Å²) in [6.45, 7) is 1.03. The molecule has 154 valence electrons. The molecule has 2 aromatic carbocycles. The molecule has 2 N–H and O–H groups in total. The van der Waals surface area contributed by atoms with E-state index in [-0.39, 0.29) is 17.8 Å². The van der Waals surface area contributed by atoms with E-state index in [1.54, 1.807) is 24.3 Å². The number of anilines is 1. The minimum Gasteiger partial charge on any atom is -0.345 e. The lowest BCUT2D eigenvalue weighted by atomic mass is 10.1. The van der Waals surface area contributed by atoms with Gasteiger partial charge in [-0.15, -0.1) is 10.2 Å². The number of nitrogens with one attached hydrogen (secondary N) is 2. The average molecular weight is 472 g/mol. The van der Waals surface area contributed by atoms with Gasteiger partial charge >= 0.3 is 0 Å². The fourth-order valence-corrected chi connectivity index (χ4v) is 3.80. The number of benzene rings is 2. The van der Waals surface area contributed by atoms with E-state index >= 15 is 0 Å². The fourth-order valence-electron chi connectivity index (χ4n) is 3.40. The van der Waals surface area contributed by atoms with Crippen molar-refractivity contribution in [1.29, 1.82) is 0 Å². The summed E-state index contributed by atoms with van der Waals surface area (Å²) in [6, 6.07) is 10.4. The highest BCUT2D eigenvalue weighted by Gasteiger charge is 2.19. The van der Waals surface area contributed by atoms with Gasteiger partial charge in [0.25, 0.3) is 11.8 Å². The Bertz CT molecular complexity index is 1110. The number of nitrogens with zero attached hydrogens (tertiary/aromatic N) is 3. The molecule has 1 aliphatic heterocycles. The molecule has 7 nitrogen and oxygen atoms in total. The molecule has 9 heteroatoms. The maximum Gasteiger partial charge on any atom is 0.255 e. The van der Waals surface area contributed by atoms with Crippen molar-refractivity contribution in [3.63, 3.8) is 0 Å². The number of amides is 2. The van der Waals surface area contributed by atoms with Crippen molar-refractivity contribution in [3.05, 3.63) is 75.5 Å². The summed E-state index contributed by atoms with van der Waals surface area (Å²) >= 11 is 3.31. The molecule has 0 radical (unpaired) electrons. The van der Waals surface area contributed by atoms with Crippen molar-refractivity contribution in [2.75, 3.05) is 5.32 Å².